The van der Waals surface area contributed by atoms with Gasteiger partial charge in [-0.2, -0.15) is 0 Å². The van der Waals surface area contributed by atoms with Gasteiger partial charge in [-0.05, 0) is 68.7 Å². The Balaban J connectivity index is 0.00000666. The molecule has 0 aliphatic heterocycles. The number of esters is 1. The largest absolute Gasteiger partial charge is 0.508 e. The van der Waals surface area contributed by atoms with Crippen molar-refractivity contribution in [2.75, 3.05) is 20.2 Å². The van der Waals surface area contributed by atoms with Gasteiger partial charge in [0.15, 0.2) is 5.96 Å². The van der Waals surface area contributed by atoms with E-state index in [9.17, 15) is 39.0 Å². The van der Waals surface area contributed by atoms with E-state index >= 15 is 0 Å². The smallest absolute Gasteiger partial charge is 0.328 e. The van der Waals surface area contributed by atoms with Crippen LogP contribution < -0.4 is 44.2 Å². The van der Waals surface area contributed by atoms with Gasteiger partial charge in [0.2, 0.25) is 23.6 Å². The number of aliphatic carboxylic acids is 2. The Kier molecular flexibility index (Phi) is 23.6. The number of phenolic OH excluding ortho intramolecular Hbond substituents is 1. The lowest BCUT2D eigenvalue weighted by molar-refractivity contribution is -0.145. The third-order valence-electron chi connectivity index (χ3n) is 7.59. The predicted molar refractivity (Wildman–Crippen MR) is 197 cm³/mol. The van der Waals surface area contributed by atoms with Gasteiger partial charge in [-0.3, -0.25) is 33.8 Å². The molecule has 0 spiro atoms. The molecule has 0 heterocycles. The number of carbonyl (C=O) groups is 7. The van der Waals surface area contributed by atoms with E-state index in [-0.39, 0.29) is 43.9 Å². The molecule has 0 aliphatic carbocycles. The first-order valence-electron chi connectivity index (χ1n) is 17.3. The van der Waals surface area contributed by atoms with Crippen LogP contribution in [0.25, 0.3) is 0 Å². The first-order valence-corrected chi connectivity index (χ1v) is 17.3. The van der Waals surface area contributed by atoms with Crippen molar-refractivity contribution >= 4 is 47.5 Å². The number of guanidine groups is 1. The van der Waals surface area contributed by atoms with Crippen molar-refractivity contribution in [3.05, 3.63) is 29.8 Å². The maximum absolute atomic E-state index is 13.6. The standard InChI is InChI=1S/C32H53N9O9.C2H4O2/c1-18(2)26(30(48)40-24(31(49)50-3)17-19-9-11-20(42)12-10-19)41-29(47)23(13-14-25(43)44)39-28(46)22(8-4-5-15-33)38-27(45)21(34)7-6-16-37-32(35)36;1-2(3)4/h9-12,18,21-24,26,42H,4-8,13-17,33-34H2,1-3H3,(H,38,45)(H,39,46)(H,40,48)(H,41,47)(H,43,44)(H4,35,36,37);1H3,(H,3,4). The number of carboxylic acid groups (broad SMARTS) is 2. The van der Waals surface area contributed by atoms with Crippen molar-refractivity contribution in [3.8, 4) is 5.75 Å². The minimum Gasteiger partial charge on any atom is -0.508 e. The number of ether oxygens (including phenoxy) is 1. The molecule has 0 aromatic heterocycles. The average Bonchev–Trinajstić information content (AvgIpc) is 3.09. The van der Waals surface area contributed by atoms with Gasteiger partial charge in [-0.1, -0.05) is 26.0 Å². The maximum Gasteiger partial charge on any atom is 0.328 e. The lowest BCUT2D eigenvalue weighted by atomic mass is 10.00. The Morgan fingerprint density at radius 1 is 0.778 bits per heavy atom. The molecule has 1 rings (SSSR count). The molecule has 54 heavy (non-hydrogen) atoms. The van der Waals surface area contributed by atoms with Crippen LogP contribution in [-0.2, 0) is 44.7 Å². The fraction of sp³-hybridized carbons (Fsp3) is 0.588. The number of carboxylic acids is 2. The zero-order valence-electron chi connectivity index (χ0n) is 31.2. The molecule has 15 N–H and O–H groups in total. The van der Waals surface area contributed by atoms with E-state index in [2.05, 4.69) is 26.3 Å². The molecule has 0 saturated heterocycles. The van der Waals surface area contributed by atoms with Gasteiger partial charge in [0.05, 0.1) is 13.2 Å². The molecule has 20 nitrogen and oxygen atoms in total. The van der Waals surface area contributed by atoms with Gasteiger partial charge in [-0.25, -0.2) is 4.79 Å². The molecule has 0 fully saturated rings. The van der Waals surface area contributed by atoms with Crippen molar-refractivity contribution in [3.63, 3.8) is 0 Å². The number of rotatable bonds is 23. The van der Waals surface area contributed by atoms with Gasteiger partial charge in [0.1, 0.15) is 29.9 Å². The molecule has 20 heteroatoms. The van der Waals surface area contributed by atoms with Crippen molar-refractivity contribution < 1.29 is 53.6 Å². The van der Waals surface area contributed by atoms with Crippen LogP contribution in [-0.4, -0.2) is 113 Å². The van der Waals surface area contributed by atoms with Crippen LogP contribution in [0.4, 0.5) is 0 Å². The molecule has 4 amide bonds. The summed E-state index contributed by atoms with van der Waals surface area (Å²) in [4.78, 5) is 90.1. The van der Waals surface area contributed by atoms with E-state index in [1.54, 1.807) is 26.0 Å². The topological polar surface area (TPSA) is 354 Å². The number of nitrogens with two attached hydrogens (primary N) is 4. The third kappa shape index (κ3) is 21.1. The van der Waals surface area contributed by atoms with Gasteiger partial charge in [0.25, 0.3) is 5.97 Å². The molecule has 304 valence electrons. The van der Waals surface area contributed by atoms with Crippen LogP contribution in [0, 0.1) is 5.92 Å². The molecule has 0 radical (unpaired) electrons. The maximum atomic E-state index is 13.6. The van der Waals surface area contributed by atoms with Crippen molar-refractivity contribution in [2.45, 2.75) is 102 Å². The molecular formula is C34H57N9O11. The number of phenols is 1. The average molecular weight is 768 g/mol. The highest BCUT2D eigenvalue weighted by Gasteiger charge is 2.33. The number of unbranched alkanes of at least 4 members (excludes halogenated alkanes) is 1. The lowest BCUT2D eigenvalue weighted by Gasteiger charge is -2.28. The molecule has 0 saturated carbocycles. The first kappa shape index (κ1) is 48.5. The van der Waals surface area contributed by atoms with Gasteiger partial charge < -0.3 is 64.3 Å². The number of carbonyl (C=O) groups excluding carboxylic acids is 5. The van der Waals surface area contributed by atoms with E-state index in [4.69, 9.17) is 37.6 Å². The second-order valence-electron chi connectivity index (χ2n) is 12.6. The van der Waals surface area contributed by atoms with E-state index in [1.807, 2.05) is 0 Å². The molecule has 0 bridgehead atoms. The fourth-order valence-electron chi connectivity index (χ4n) is 4.75. The zero-order chi connectivity index (χ0) is 41.4. The summed E-state index contributed by atoms with van der Waals surface area (Å²) in [5.41, 5.74) is 22.8. The second-order valence-corrected chi connectivity index (χ2v) is 12.6. The third-order valence-corrected chi connectivity index (χ3v) is 7.59. The Morgan fingerprint density at radius 3 is 1.83 bits per heavy atom. The van der Waals surface area contributed by atoms with E-state index in [1.165, 1.54) is 12.1 Å². The first-order chi connectivity index (χ1) is 25.3. The van der Waals surface area contributed by atoms with Crippen molar-refractivity contribution in [2.24, 2.45) is 33.8 Å². The summed E-state index contributed by atoms with van der Waals surface area (Å²) < 4.78 is 4.85. The zero-order valence-corrected chi connectivity index (χ0v) is 31.2. The number of nitrogens with one attached hydrogen (secondary N) is 4. The number of amides is 4. The highest BCUT2D eigenvalue weighted by Crippen LogP contribution is 2.13. The summed E-state index contributed by atoms with van der Waals surface area (Å²) in [6, 6.07) is 0.0953. The summed E-state index contributed by atoms with van der Waals surface area (Å²) in [5, 5.41) is 36.6. The number of hydrogen-bond acceptors (Lipinski definition) is 12. The number of nitrogens with zero attached hydrogens (tertiary/aromatic N) is 1. The van der Waals surface area contributed by atoms with Crippen LogP contribution in [0.2, 0.25) is 0 Å². The number of aromatic hydroxyl groups is 1. The summed E-state index contributed by atoms with van der Waals surface area (Å²) in [7, 11) is 1.16. The van der Waals surface area contributed by atoms with Gasteiger partial charge in [0, 0.05) is 26.3 Å². The van der Waals surface area contributed by atoms with Gasteiger partial charge in [-0.15, -0.1) is 0 Å². The highest BCUT2D eigenvalue weighted by atomic mass is 16.5. The Morgan fingerprint density at radius 2 is 1.31 bits per heavy atom. The van der Waals surface area contributed by atoms with E-state index in [0.29, 0.717) is 31.4 Å². The summed E-state index contributed by atoms with van der Waals surface area (Å²) in [6.45, 7) is 4.96. The number of methoxy groups -OCH3 is 1. The van der Waals surface area contributed by atoms with Crippen LogP contribution in [0.15, 0.2) is 29.3 Å². The van der Waals surface area contributed by atoms with Crippen molar-refractivity contribution in [1.29, 1.82) is 0 Å². The number of benzene rings is 1. The van der Waals surface area contributed by atoms with Crippen LogP contribution in [0.1, 0.15) is 71.3 Å². The van der Waals surface area contributed by atoms with E-state index in [0.717, 1.165) is 14.0 Å². The summed E-state index contributed by atoms with van der Waals surface area (Å²) in [5.74, 6) is -6.39. The second kappa shape index (κ2) is 26.3. The molecule has 5 unspecified atom stereocenters. The van der Waals surface area contributed by atoms with E-state index < -0.39 is 84.1 Å². The number of hydrogen-bond donors (Lipinski definition) is 11. The quantitative estimate of drug-likeness (QED) is 0.0252. The SMILES string of the molecule is CC(=O)O.COC(=O)C(Cc1ccc(O)cc1)NC(=O)C(NC(=O)C(CCC(=O)O)NC(=O)C(CCCCN)NC(=O)C(N)CCCN=C(N)N)C(C)C. The van der Waals surface area contributed by atoms with Crippen LogP contribution >= 0.6 is 0 Å². The van der Waals surface area contributed by atoms with Crippen LogP contribution in [0.3, 0.4) is 0 Å². The Bertz CT molecular complexity index is 1400. The van der Waals surface area contributed by atoms with Gasteiger partial charge >= 0.3 is 11.9 Å². The molecule has 0 aliphatic rings. The molecular weight excluding hydrogens is 710 g/mol. The summed E-state index contributed by atoms with van der Waals surface area (Å²) >= 11 is 0. The lowest BCUT2D eigenvalue weighted by Crippen LogP contribution is -2.59. The van der Waals surface area contributed by atoms with Crippen molar-refractivity contribution in [1.82, 2.24) is 21.3 Å². The number of aliphatic imine (C=N–C) groups is 1. The molecule has 1 aromatic rings. The van der Waals surface area contributed by atoms with Crippen LogP contribution in [0.5, 0.6) is 5.75 Å². The fourth-order valence-corrected chi connectivity index (χ4v) is 4.75. The summed E-state index contributed by atoms with van der Waals surface area (Å²) in [6.07, 6.45) is 0.933. The minimum atomic E-state index is -1.41. The molecule has 1 aromatic carbocycles. The Hall–Kier alpha value is -5.50. The predicted octanol–water partition coefficient (Wildman–Crippen LogP) is -1.83. The highest BCUT2D eigenvalue weighted by molar-refractivity contribution is 5.95. The normalized spacial score (nSPS) is 13.3. The monoisotopic (exact) mass is 767 g/mol. The Labute approximate surface area is 314 Å². The molecule has 5 atom stereocenters. The minimum absolute atomic E-state index is 0.0170.